The summed E-state index contributed by atoms with van der Waals surface area (Å²) in [5, 5.41) is 19.2. The Morgan fingerprint density at radius 2 is 1.68 bits per heavy atom. The summed E-state index contributed by atoms with van der Waals surface area (Å²) < 4.78 is 24.3. The summed E-state index contributed by atoms with van der Waals surface area (Å²) in [6.45, 7) is 14.5. The van der Waals surface area contributed by atoms with Crippen molar-refractivity contribution in [2.75, 3.05) is 81.9 Å². The number of aromatic hydroxyl groups is 1. The average molecular weight is 974 g/mol. The number of fused-ring (bicyclic) bond motifs is 5. The van der Waals surface area contributed by atoms with E-state index in [9.17, 15) is 19.5 Å². The van der Waals surface area contributed by atoms with E-state index in [1.54, 1.807) is 17.0 Å². The van der Waals surface area contributed by atoms with Crippen molar-refractivity contribution < 1.29 is 28.6 Å². The van der Waals surface area contributed by atoms with Crippen LogP contribution < -0.4 is 25.2 Å². The number of piperazine rings is 2. The number of hydrogen-bond acceptors (Lipinski definition) is 12. The van der Waals surface area contributed by atoms with Gasteiger partial charge in [-0.2, -0.15) is 9.97 Å². The number of halogens is 1. The molecule has 1 aromatic heterocycles. The van der Waals surface area contributed by atoms with E-state index in [2.05, 4.69) is 49.1 Å². The van der Waals surface area contributed by atoms with Gasteiger partial charge in [0.05, 0.1) is 6.61 Å². The molecule has 72 heavy (non-hydrogen) atoms. The number of anilines is 2. The molecule has 14 nitrogen and oxygen atoms in total. The molecule has 0 spiro atoms. The summed E-state index contributed by atoms with van der Waals surface area (Å²) in [4.78, 5) is 59.4. The largest absolute Gasteiger partial charge is 0.508 e. The third-order valence-corrected chi connectivity index (χ3v) is 17.1. The summed E-state index contributed by atoms with van der Waals surface area (Å²) in [6, 6.07) is 15.3. The zero-order valence-electron chi connectivity index (χ0n) is 41.4. The number of piperidine rings is 2. The highest BCUT2D eigenvalue weighted by Crippen LogP contribution is 2.48. The van der Waals surface area contributed by atoms with Crippen LogP contribution in [0.15, 0.2) is 48.5 Å². The first kappa shape index (κ1) is 46.7. The van der Waals surface area contributed by atoms with Crippen LogP contribution in [0.5, 0.6) is 11.8 Å². The number of benzene rings is 4. The highest BCUT2D eigenvalue weighted by molar-refractivity contribution is 6.06. The molecule has 7 aliphatic rings. The van der Waals surface area contributed by atoms with Gasteiger partial charge >= 0.3 is 6.01 Å². The van der Waals surface area contributed by atoms with Crippen LogP contribution >= 0.6 is 0 Å². The number of terminal acetylenes is 1. The lowest BCUT2D eigenvalue weighted by molar-refractivity contribution is -0.136. The molecule has 374 valence electrons. The molecule has 6 fully saturated rings. The Morgan fingerprint density at radius 1 is 0.903 bits per heavy atom. The summed E-state index contributed by atoms with van der Waals surface area (Å²) in [5.74, 6) is 2.92. The van der Waals surface area contributed by atoms with Gasteiger partial charge in [0.2, 0.25) is 11.8 Å². The smallest absolute Gasteiger partial charge is 0.319 e. The van der Waals surface area contributed by atoms with E-state index in [1.165, 1.54) is 0 Å². The van der Waals surface area contributed by atoms with Gasteiger partial charge in [-0.05, 0) is 141 Å². The van der Waals surface area contributed by atoms with Crippen LogP contribution in [0.25, 0.3) is 32.8 Å². The molecule has 6 aliphatic heterocycles. The lowest BCUT2D eigenvalue weighted by Gasteiger charge is -2.40. The molecular weight excluding hydrogens is 910 g/mol. The van der Waals surface area contributed by atoms with E-state index >= 15 is 4.39 Å². The molecule has 3 atom stereocenters. The number of rotatable bonds is 12. The van der Waals surface area contributed by atoms with Gasteiger partial charge in [0, 0.05) is 116 Å². The highest BCUT2D eigenvalue weighted by atomic mass is 19.1. The maximum absolute atomic E-state index is 17.6. The van der Waals surface area contributed by atoms with Crippen LogP contribution in [0.3, 0.4) is 0 Å². The molecule has 12 rings (SSSR count). The quantitative estimate of drug-likeness (QED) is 0.0922. The summed E-state index contributed by atoms with van der Waals surface area (Å²) in [6.07, 6.45) is 13.8. The third-order valence-electron chi connectivity index (χ3n) is 17.1. The van der Waals surface area contributed by atoms with Crippen molar-refractivity contribution in [3.8, 4) is 35.2 Å². The molecular formula is C57H64FN9O5. The fourth-order valence-electron chi connectivity index (χ4n) is 13.0. The number of amides is 3. The lowest BCUT2D eigenvalue weighted by atomic mass is 9.89. The van der Waals surface area contributed by atoms with E-state index in [0.717, 1.165) is 137 Å². The number of hydrogen-bond donors (Lipinski definition) is 3. The van der Waals surface area contributed by atoms with E-state index in [1.807, 2.05) is 37.3 Å². The Kier molecular flexibility index (Phi) is 12.1. The minimum Gasteiger partial charge on any atom is -0.508 e. The summed E-state index contributed by atoms with van der Waals surface area (Å²) in [7, 11) is 0. The minimum atomic E-state index is -0.613. The van der Waals surface area contributed by atoms with Crippen molar-refractivity contribution in [1.82, 2.24) is 35.3 Å². The highest BCUT2D eigenvalue weighted by Gasteiger charge is 2.46. The third kappa shape index (κ3) is 8.68. The predicted octanol–water partition coefficient (Wildman–Crippen LogP) is 6.54. The number of carbonyl (C=O) groups excluding carboxylic acids is 3. The number of phenols is 1. The first-order chi connectivity index (χ1) is 34.9. The molecule has 15 heteroatoms. The fraction of sp³-hybridized carbons (Fsp3) is 0.491. The Bertz CT molecular complexity index is 3050. The number of phenolic OH excluding ortho intramolecular Hbond substituents is 1. The van der Waals surface area contributed by atoms with Crippen molar-refractivity contribution in [3.63, 3.8) is 0 Å². The number of ether oxygens (including phenoxy) is 1. The minimum absolute atomic E-state index is 0.00385. The van der Waals surface area contributed by atoms with Crippen molar-refractivity contribution in [2.24, 2.45) is 11.3 Å². The summed E-state index contributed by atoms with van der Waals surface area (Å²) >= 11 is 0. The topological polar surface area (TPSA) is 147 Å². The van der Waals surface area contributed by atoms with Crippen molar-refractivity contribution in [2.45, 2.75) is 96.3 Å². The van der Waals surface area contributed by atoms with E-state index < -0.39 is 11.9 Å². The van der Waals surface area contributed by atoms with Crippen molar-refractivity contribution >= 4 is 50.9 Å². The molecule has 1 saturated carbocycles. The number of imide groups is 1. The maximum atomic E-state index is 17.6. The molecule has 2 bridgehead atoms. The fourth-order valence-corrected chi connectivity index (χ4v) is 13.0. The molecule has 5 saturated heterocycles. The number of carbonyl (C=O) groups is 3. The molecule has 7 heterocycles. The normalized spacial score (nSPS) is 23.5. The number of nitrogens with zero attached hydrogens (tertiary/aromatic N) is 7. The standard InChI is InChI=1S/C57H64FN9O5/c1-4-36-7-6-8-38-24-42(68)27-44(49(36)38)50-37(5-2)25-45-52(51(50)58)61-56(62-53(45)66-30-40-9-10-41(31-66)59-40)72-33-57(15-16-57)32-64-17-13-35(14-18-64)28-63-19-21-65(22-20-63)47-26-39-29-67(55(71)43(39)23-34(47)3)46-11-12-48(69)60-54(46)70/h1,6-8,23-27,35,40-41,46,59,68H,5,9-22,28-33H2,2-3H3,(H,60,69,70). The molecule has 3 N–H and O–H groups in total. The zero-order valence-corrected chi connectivity index (χ0v) is 41.4. The van der Waals surface area contributed by atoms with Gasteiger partial charge < -0.3 is 34.8 Å². The van der Waals surface area contributed by atoms with Gasteiger partial charge in [0.1, 0.15) is 23.1 Å². The first-order valence-corrected chi connectivity index (χ1v) is 26.3. The number of nitrogens with one attached hydrogen (secondary N) is 2. The molecule has 3 amide bonds. The Labute approximate surface area is 420 Å². The van der Waals surface area contributed by atoms with Gasteiger partial charge in [-0.15, -0.1) is 6.42 Å². The van der Waals surface area contributed by atoms with E-state index in [4.69, 9.17) is 21.1 Å². The van der Waals surface area contributed by atoms with E-state index in [-0.39, 0.29) is 46.8 Å². The SMILES string of the molecule is C#Cc1cccc2cc(O)cc(-c3c(CC)cc4c(N5CC6CCC(C5)N6)nc(OCC5(CN6CCC(CN7CCN(c8cc9c(cc8C)C(=O)N(C8CCC(=O)NC8=O)C9)CC7)CC6)CC5)nc4c3F)c12. The second kappa shape index (κ2) is 18.6. The summed E-state index contributed by atoms with van der Waals surface area (Å²) in [5.41, 5.74) is 6.42. The monoisotopic (exact) mass is 974 g/mol. The van der Waals surface area contributed by atoms with Gasteiger partial charge in [-0.3, -0.25) is 24.6 Å². The van der Waals surface area contributed by atoms with Gasteiger partial charge in [-0.25, -0.2) is 4.39 Å². The Balaban J connectivity index is 0.697. The number of aryl methyl sites for hydroxylation is 2. The second-order valence-electron chi connectivity index (χ2n) is 21.9. The van der Waals surface area contributed by atoms with Gasteiger partial charge in [-0.1, -0.05) is 25.0 Å². The average Bonchev–Trinajstić information content (AvgIpc) is 3.97. The number of aromatic nitrogens is 2. The molecule has 3 unspecified atom stereocenters. The van der Waals surface area contributed by atoms with Crippen LogP contribution in [-0.2, 0) is 22.6 Å². The molecule has 1 aliphatic carbocycles. The van der Waals surface area contributed by atoms with Crippen LogP contribution in [0.1, 0.15) is 90.9 Å². The maximum Gasteiger partial charge on any atom is 0.319 e. The van der Waals surface area contributed by atoms with Crippen LogP contribution in [0.4, 0.5) is 15.9 Å². The first-order valence-electron chi connectivity index (χ1n) is 26.3. The van der Waals surface area contributed by atoms with Crippen LogP contribution in [0.2, 0.25) is 0 Å². The van der Waals surface area contributed by atoms with E-state index in [0.29, 0.717) is 77.5 Å². The van der Waals surface area contributed by atoms with Crippen molar-refractivity contribution in [3.05, 3.63) is 82.2 Å². The Hall–Kier alpha value is -6.34. The zero-order chi connectivity index (χ0) is 49.4. The van der Waals surface area contributed by atoms with Crippen LogP contribution in [-0.4, -0.2) is 138 Å². The van der Waals surface area contributed by atoms with Gasteiger partial charge in [0.15, 0.2) is 5.82 Å². The van der Waals surface area contributed by atoms with Crippen LogP contribution in [0, 0.1) is 36.4 Å². The van der Waals surface area contributed by atoms with Crippen molar-refractivity contribution in [1.29, 1.82) is 0 Å². The molecule has 4 aromatic carbocycles. The molecule has 5 aromatic rings. The second-order valence-corrected chi connectivity index (χ2v) is 21.9. The Morgan fingerprint density at radius 3 is 2.40 bits per heavy atom. The predicted molar refractivity (Wildman–Crippen MR) is 276 cm³/mol. The molecule has 0 radical (unpaired) electrons. The lowest BCUT2D eigenvalue weighted by Crippen LogP contribution is -2.52. The number of likely N-dealkylation sites (tertiary alicyclic amines) is 1. The van der Waals surface area contributed by atoms with Gasteiger partial charge in [0.25, 0.3) is 5.91 Å².